The lowest BCUT2D eigenvalue weighted by Crippen LogP contribution is -2.40. The smallest absolute Gasteiger partial charge is 0.343 e. The van der Waals surface area contributed by atoms with Crippen molar-refractivity contribution in [3.05, 3.63) is 59.7 Å². The largest absolute Gasteiger partial charge is 0.482 e. The predicted molar refractivity (Wildman–Crippen MR) is 108 cm³/mol. The first-order chi connectivity index (χ1) is 14.9. The molecular weight excluding hydrogens is 408 g/mol. The van der Waals surface area contributed by atoms with Gasteiger partial charge in [-0.3, -0.25) is 4.79 Å². The maximum Gasteiger partial charge on any atom is 0.343 e. The number of carbonyl (C=O) groups is 3. The van der Waals surface area contributed by atoms with Crippen molar-refractivity contribution in [1.82, 2.24) is 0 Å². The first kappa shape index (κ1) is 23.8. The average molecular weight is 432 g/mol. The molecule has 0 radical (unpaired) electrons. The molecule has 0 aliphatic carbocycles. The topological polar surface area (TPSA) is 107 Å². The van der Waals surface area contributed by atoms with Crippen LogP contribution in [0.1, 0.15) is 15.9 Å². The van der Waals surface area contributed by atoms with E-state index in [-0.39, 0.29) is 13.2 Å². The van der Waals surface area contributed by atoms with Crippen molar-refractivity contribution >= 4 is 17.7 Å². The summed E-state index contributed by atoms with van der Waals surface area (Å²) in [6.07, 6.45) is 0. The highest BCUT2D eigenvalue weighted by atomic mass is 16.7. The number of esters is 2. The Morgan fingerprint density at radius 3 is 1.48 bits per heavy atom. The Kier molecular flexibility index (Phi) is 8.53. The summed E-state index contributed by atoms with van der Waals surface area (Å²) in [5, 5.41) is 0. The normalized spacial score (nSPS) is 10.8. The second kappa shape index (κ2) is 11.1. The van der Waals surface area contributed by atoms with Gasteiger partial charge in [-0.25, -0.2) is 9.59 Å². The minimum atomic E-state index is -1.70. The van der Waals surface area contributed by atoms with Crippen LogP contribution in [0.15, 0.2) is 48.5 Å². The molecule has 0 saturated heterocycles. The number of carbonyl (C=O) groups excluding carboxylic acids is 3. The van der Waals surface area contributed by atoms with Crippen LogP contribution in [0.5, 0.6) is 11.5 Å². The number of ketones is 1. The SMILES string of the molecule is COC(=O)COc1ccc(C(=O)C(OC)(OC)c2ccc(OCC(=O)OC)cc2)cc1. The molecule has 166 valence electrons. The minimum Gasteiger partial charge on any atom is -0.482 e. The van der Waals surface area contributed by atoms with E-state index >= 15 is 0 Å². The van der Waals surface area contributed by atoms with Crippen LogP contribution in [0.2, 0.25) is 0 Å². The third kappa shape index (κ3) is 5.80. The number of hydrogen-bond donors (Lipinski definition) is 0. The van der Waals surface area contributed by atoms with Crippen LogP contribution in [0.25, 0.3) is 0 Å². The molecular formula is C22H24O9. The second-order valence-electron chi connectivity index (χ2n) is 6.13. The summed E-state index contributed by atoms with van der Waals surface area (Å²) in [5.41, 5.74) is 0.735. The van der Waals surface area contributed by atoms with Crippen LogP contribution in [0.4, 0.5) is 0 Å². The van der Waals surface area contributed by atoms with Crippen LogP contribution >= 0.6 is 0 Å². The van der Waals surface area contributed by atoms with Crippen LogP contribution in [-0.2, 0) is 34.3 Å². The highest BCUT2D eigenvalue weighted by Crippen LogP contribution is 2.32. The lowest BCUT2D eigenvalue weighted by molar-refractivity contribution is -0.176. The zero-order valence-corrected chi connectivity index (χ0v) is 17.7. The molecule has 2 aromatic rings. The standard InChI is InChI=1S/C22H24O9/c1-26-19(23)13-30-17-9-5-15(6-10-17)21(25)22(28-3,29-4)16-7-11-18(12-8-16)31-14-20(24)27-2/h5-12H,13-14H2,1-4H3. The third-order valence-electron chi connectivity index (χ3n) is 4.39. The number of benzene rings is 2. The molecule has 0 aliphatic heterocycles. The van der Waals surface area contributed by atoms with Gasteiger partial charge in [-0.1, -0.05) is 0 Å². The molecule has 0 bridgehead atoms. The third-order valence-corrected chi connectivity index (χ3v) is 4.39. The van der Waals surface area contributed by atoms with Gasteiger partial charge in [0.2, 0.25) is 5.78 Å². The molecule has 0 spiro atoms. The Labute approximate surface area is 179 Å². The summed E-state index contributed by atoms with van der Waals surface area (Å²) in [7, 11) is 5.25. The molecule has 0 fully saturated rings. The zero-order valence-electron chi connectivity index (χ0n) is 17.7. The van der Waals surface area contributed by atoms with Gasteiger partial charge in [-0.2, -0.15) is 0 Å². The maximum atomic E-state index is 13.2. The van der Waals surface area contributed by atoms with E-state index in [1.54, 1.807) is 36.4 Å². The lowest BCUT2D eigenvalue weighted by atomic mass is 9.95. The van der Waals surface area contributed by atoms with Gasteiger partial charge in [0.05, 0.1) is 14.2 Å². The first-order valence-corrected chi connectivity index (χ1v) is 9.15. The highest BCUT2D eigenvalue weighted by Gasteiger charge is 2.41. The van der Waals surface area contributed by atoms with Crippen molar-refractivity contribution in [2.24, 2.45) is 0 Å². The fraction of sp³-hybridized carbons (Fsp3) is 0.318. The van der Waals surface area contributed by atoms with Gasteiger partial charge in [0.15, 0.2) is 13.2 Å². The van der Waals surface area contributed by atoms with E-state index in [0.717, 1.165) is 0 Å². The Morgan fingerprint density at radius 1 is 0.677 bits per heavy atom. The number of methoxy groups -OCH3 is 4. The fourth-order valence-corrected chi connectivity index (χ4v) is 2.70. The van der Waals surface area contributed by atoms with Crippen LogP contribution in [-0.4, -0.2) is 59.4 Å². The maximum absolute atomic E-state index is 13.2. The molecule has 0 unspecified atom stereocenters. The molecule has 0 aliphatic rings. The van der Waals surface area contributed by atoms with E-state index in [0.29, 0.717) is 22.6 Å². The zero-order chi connectivity index (χ0) is 22.9. The second-order valence-corrected chi connectivity index (χ2v) is 6.13. The van der Waals surface area contributed by atoms with Gasteiger partial charge in [0.25, 0.3) is 5.79 Å². The van der Waals surface area contributed by atoms with Crippen LogP contribution in [0, 0.1) is 0 Å². The van der Waals surface area contributed by atoms with Crippen molar-refractivity contribution in [2.75, 3.05) is 41.7 Å². The molecule has 0 N–H and O–H groups in total. The quantitative estimate of drug-likeness (QED) is 0.300. The monoisotopic (exact) mass is 432 g/mol. The van der Waals surface area contributed by atoms with Crippen LogP contribution < -0.4 is 9.47 Å². The van der Waals surface area contributed by atoms with Gasteiger partial charge >= 0.3 is 11.9 Å². The van der Waals surface area contributed by atoms with E-state index in [1.165, 1.54) is 40.6 Å². The van der Waals surface area contributed by atoms with E-state index in [4.69, 9.17) is 18.9 Å². The molecule has 0 atom stereocenters. The fourth-order valence-electron chi connectivity index (χ4n) is 2.70. The van der Waals surface area contributed by atoms with E-state index in [2.05, 4.69) is 9.47 Å². The average Bonchev–Trinajstić information content (AvgIpc) is 2.82. The molecule has 0 aromatic heterocycles. The predicted octanol–water partition coefficient (Wildman–Crippen LogP) is 2.12. The first-order valence-electron chi connectivity index (χ1n) is 9.15. The van der Waals surface area contributed by atoms with Gasteiger partial charge in [0.1, 0.15) is 11.5 Å². The van der Waals surface area contributed by atoms with Gasteiger partial charge in [-0.15, -0.1) is 0 Å². The molecule has 31 heavy (non-hydrogen) atoms. The van der Waals surface area contributed by atoms with Gasteiger partial charge in [0, 0.05) is 25.3 Å². The minimum absolute atomic E-state index is 0.237. The summed E-state index contributed by atoms with van der Waals surface area (Å²) in [6.45, 7) is -0.479. The summed E-state index contributed by atoms with van der Waals surface area (Å²) in [5.74, 6) is -2.36. The van der Waals surface area contributed by atoms with Crippen molar-refractivity contribution < 1.29 is 42.8 Å². The Hall–Kier alpha value is -3.43. The van der Waals surface area contributed by atoms with E-state index < -0.39 is 23.5 Å². The number of ether oxygens (including phenoxy) is 6. The van der Waals surface area contributed by atoms with Gasteiger partial charge < -0.3 is 28.4 Å². The molecule has 9 heteroatoms. The number of rotatable bonds is 11. The summed E-state index contributed by atoms with van der Waals surface area (Å²) in [6, 6.07) is 12.6. The Bertz CT molecular complexity index is 884. The highest BCUT2D eigenvalue weighted by molar-refractivity contribution is 6.02. The molecule has 0 heterocycles. The molecule has 2 aromatic carbocycles. The Morgan fingerprint density at radius 2 is 1.10 bits per heavy atom. The van der Waals surface area contributed by atoms with E-state index in [9.17, 15) is 14.4 Å². The van der Waals surface area contributed by atoms with Crippen molar-refractivity contribution in [2.45, 2.75) is 5.79 Å². The molecule has 0 amide bonds. The molecule has 0 saturated carbocycles. The van der Waals surface area contributed by atoms with E-state index in [1.807, 2.05) is 0 Å². The van der Waals surface area contributed by atoms with Crippen molar-refractivity contribution in [1.29, 1.82) is 0 Å². The summed E-state index contributed by atoms with van der Waals surface area (Å²) >= 11 is 0. The van der Waals surface area contributed by atoms with Crippen molar-refractivity contribution in [3.63, 3.8) is 0 Å². The van der Waals surface area contributed by atoms with Crippen LogP contribution in [0.3, 0.4) is 0 Å². The number of hydrogen-bond acceptors (Lipinski definition) is 9. The van der Waals surface area contributed by atoms with Crippen molar-refractivity contribution in [3.8, 4) is 11.5 Å². The lowest BCUT2D eigenvalue weighted by Gasteiger charge is -2.30. The van der Waals surface area contributed by atoms with Gasteiger partial charge in [-0.05, 0) is 48.5 Å². The number of Topliss-reactive ketones (excluding diaryl/α,β-unsaturated/α-hetero) is 1. The molecule has 2 rings (SSSR count). The Balaban J connectivity index is 2.20. The molecule has 9 nitrogen and oxygen atoms in total. The summed E-state index contributed by atoms with van der Waals surface area (Å²) in [4.78, 5) is 35.6. The summed E-state index contributed by atoms with van der Waals surface area (Å²) < 4.78 is 30.6.